The van der Waals surface area contributed by atoms with Crippen molar-refractivity contribution >= 4 is 72.8 Å². The van der Waals surface area contributed by atoms with Crippen LogP contribution in [0.1, 0.15) is 68.3 Å². The molecular formula is C54H63Cl2FN8O8S. The molecule has 0 radical (unpaired) electrons. The minimum Gasteiger partial charge on any atom is -0.476 e. The zero-order valence-electron chi connectivity index (χ0n) is 41.8. The number of piperidine rings is 1. The number of ether oxygens (including phenoxy) is 5. The van der Waals surface area contributed by atoms with Crippen molar-refractivity contribution in [2.75, 3.05) is 102 Å². The lowest BCUT2D eigenvalue weighted by Crippen LogP contribution is -2.56. The van der Waals surface area contributed by atoms with Crippen LogP contribution in [-0.4, -0.2) is 155 Å². The molecule has 1 amide bonds. The smallest absolute Gasteiger partial charge is 0.267 e. The largest absolute Gasteiger partial charge is 0.476 e. The Bertz CT molecular complexity index is 3020. The van der Waals surface area contributed by atoms with Gasteiger partial charge in [-0.1, -0.05) is 49.2 Å². The van der Waals surface area contributed by atoms with Crippen molar-refractivity contribution in [3.8, 4) is 11.8 Å². The quantitative estimate of drug-likeness (QED) is 0.137. The maximum atomic E-state index is 15.8. The Kier molecular flexibility index (Phi) is 14.6. The van der Waals surface area contributed by atoms with E-state index in [9.17, 15) is 13.2 Å². The number of alkyl halides is 1. The second-order valence-corrected chi connectivity index (χ2v) is 23.8. The summed E-state index contributed by atoms with van der Waals surface area (Å²) in [6.07, 6.45) is 6.62. The second-order valence-electron chi connectivity index (χ2n) is 21.3. The number of benzene rings is 2. The average Bonchev–Trinajstić information content (AvgIpc) is 3.71. The van der Waals surface area contributed by atoms with E-state index in [0.717, 1.165) is 55.7 Å². The van der Waals surface area contributed by atoms with Crippen molar-refractivity contribution < 1.29 is 41.3 Å². The molecule has 4 fully saturated rings. The van der Waals surface area contributed by atoms with Gasteiger partial charge in [0.1, 0.15) is 33.5 Å². The van der Waals surface area contributed by atoms with Gasteiger partial charge in [-0.05, 0) is 109 Å². The van der Waals surface area contributed by atoms with Crippen LogP contribution in [0.3, 0.4) is 0 Å². The molecule has 8 heterocycles. The van der Waals surface area contributed by atoms with Crippen LogP contribution in [0.2, 0.25) is 10.0 Å². The summed E-state index contributed by atoms with van der Waals surface area (Å²) in [6.45, 7) is 12.2. The van der Waals surface area contributed by atoms with Crippen LogP contribution in [0.4, 0.5) is 21.5 Å². The van der Waals surface area contributed by atoms with Crippen LogP contribution >= 0.6 is 23.2 Å². The SMILES string of the molecule is CC1(C)CC(c2ccc(Cl)cc2)=C2CN3CCN(c4ccc(C(=O)NS(=O)(=O)c5cnc(OCC6(F)CCN(C7COC7)CC6)c(Cl)c5)c(N5CCCOc6nc7[nH]ccc7cc65)c4)CC3COCCCO[C@@H]2C1. The predicted molar refractivity (Wildman–Crippen MR) is 282 cm³/mol. The Morgan fingerprint density at radius 3 is 2.50 bits per heavy atom. The summed E-state index contributed by atoms with van der Waals surface area (Å²) >= 11 is 12.9. The van der Waals surface area contributed by atoms with Gasteiger partial charge in [0.2, 0.25) is 11.8 Å². The molecule has 3 aromatic heterocycles. The number of piperazine rings is 1. The highest BCUT2D eigenvalue weighted by molar-refractivity contribution is 7.90. The second kappa shape index (κ2) is 21.2. The van der Waals surface area contributed by atoms with Gasteiger partial charge < -0.3 is 38.5 Å². The molecule has 1 aliphatic carbocycles. The number of carbonyl (C=O) groups is 1. The first-order valence-electron chi connectivity index (χ1n) is 25.7. The topological polar surface area (TPSA) is 164 Å². The first kappa shape index (κ1) is 51.1. The fraction of sp³-hybridized carbons (Fsp3) is 0.500. The molecule has 0 saturated carbocycles. The maximum absolute atomic E-state index is 15.8. The van der Waals surface area contributed by atoms with Gasteiger partial charge >= 0.3 is 0 Å². The number of nitrogens with one attached hydrogen (secondary N) is 2. The molecule has 20 heteroatoms. The van der Waals surface area contributed by atoms with Crippen molar-refractivity contribution in [3.05, 3.63) is 99.8 Å². The lowest BCUT2D eigenvalue weighted by atomic mass is 9.71. The van der Waals surface area contributed by atoms with Crippen LogP contribution in [0.15, 0.2) is 83.5 Å². The fourth-order valence-corrected chi connectivity index (χ4v) is 12.6. The number of hydrogen-bond donors (Lipinski definition) is 2. The molecule has 0 bridgehead atoms. The number of amides is 1. The van der Waals surface area contributed by atoms with E-state index in [4.69, 9.17) is 51.9 Å². The molecule has 16 nitrogen and oxygen atoms in total. The first-order chi connectivity index (χ1) is 35.7. The Balaban J connectivity index is 0.868. The molecule has 6 aliphatic rings. The predicted octanol–water partition coefficient (Wildman–Crippen LogP) is 8.46. The average molecular weight is 1070 g/mol. The zero-order valence-corrected chi connectivity index (χ0v) is 44.1. The van der Waals surface area contributed by atoms with Crippen LogP contribution in [0.25, 0.3) is 16.6 Å². The summed E-state index contributed by atoms with van der Waals surface area (Å²) in [4.78, 5) is 35.4. The van der Waals surface area contributed by atoms with Crippen molar-refractivity contribution in [2.24, 2.45) is 5.41 Å². The van der Waals surface area contributed by atoms with Crippen molar-refractivity contribution in [1.29, 1.82) is 0 Å². The number of rotatable bonds is 10. The maximum Gasteiger partial charge on any atom is 0.267 e. The Labute approximate surface area is 441 Å². The molecule has 11 rings (SSSR count). The highest BCUT2D eigenvalue weighted by Crippen LogP contribution is 2.46. The Hall–Kier alpha value is -5.05. The number of fused-ring (bicyclic) bond motifs is 4. The number of halogens is 3. The molecule has 2 N–H and O–H groups in total. The number of likely N-dealkylation sites (tertiary alicyclic amines) is 1. The van der Waals surface area contributed by atoms with Crippen LogP contribution in [0, 0.1) is 5.41 Å². The van der Waals surface area contributed by atoms with E-state index >= 15 is 4.39 Å². The Morgan fingerprint density at radius 2 is 1.72 bits per heavy atom. The molecule has 1 unspecified atom stereocenters. The normalized spacial score (nSPS) is 23.1. The molecule has 0 spiro atoms. The van der Waals surface area contributed by atoms with E-state index in [1.54, 1.807) is 12.3 Å². The highest BCUT2D eigenvalue weighted by atomic mass is 35.5. The van der Waals surface area contributed by atoms with Crippen LogP contribution < -0.4 is 24.0 Å². The molecule has 394 valence electrons. The van der Waals surface area contributed by atoms with Crippen molar-refractivity contribution in [3.63, 3.8) is 0 Å². The Morgan fingerprint density at radius 1 is 0.905 bits per heavy atom. The number of aromatic nitrogens is 3. The minimum atomic E-state index is -4.54. The van der Waals surface area contributed by atoms with Crippen molar-refractivity contribution in [2.45, 2.75) is 81.1 Å². The van der Waals surface area contributed by atoms with Gasteiger partial charge in [-0.3, -0.25) is 14.6 Å². The van der Waals surface area contributed by atoms with E-state index < -0.39 is 21.6 Å². The number of sulfonamides is 1. The monoisotopic (exact) mass is 1070 g/mol. The van der Waals surface area contributed by atoms with Gasteiger partial charge in [-0.2, -0.15) is 4.98 Å². The summed E-state index contributed by atoms with van der Waals surface area (Å²) in [7, 11) is -4.54. The molecule has 5 aliphatic heterocycles. The van der Waals surface area contributed by atoms with Gasteiger partial charge in [0.25, 0.3) is 15.9 Å². The number of H-pyrrole nitrogens is 1. The molecule has 2 atom stereocenters. The number of carbonyl (C=O) groups excluding carboxylic acids is 1. The third kappa shape index (κ3) is 11.0. The third-order valence-corrected chi connectivity index (χ3v) is 17.3. The summed E-state index contributed by atoms with van der Waals surface area (Å²) < 4.78 is 76.6. The van der Waals surface area contributed by atoms with E-state index in [-0.39, 0.29) is 58.4 Å². The van der Waals surface area contributed by atoms with Gasteiger partial charge in [0.05, 0.1) is 62.1 Å². The molecule has 4 saturated heterocycles. The highest BCUT2D eigenvalue weighted by Gasteiger charge is 2.41. The molecular weight excluding hydrogens is 1010 g/mol. The van der Waals surface area contributed by atoms with E-state index in [2.05, 4.69) is 55.4 Å². The van der Waals surface area contributed by atoms with E-state index in [0.29, 0.717) is 113 Å². The number of aromatic amines is 1. The van der Waals surface area contributed by atoms with Crippen molar-refractivity contribution in [1.82, 2.24) is 29.5 Å². The van der Waals surface area contributed by atoms with Crippen LogP contribution in [0.5, 0.6) is 11.8 Å². The third-order valence-electron chi connectivity index (χ3n) is 15.4. The molecule has 2 aromatic carbocycles. The number of hydrogen-bond acceptors (Lipinski definition) is 14. The summed E-state index contributed by atoms with van der Waals surface area (Å²) in [6, 6.07) is 19.1. The lowest BCUT2D eigenvalue weighted by molar-refractivity contribution is -0.0892. The van der Waals surface area contributed by atoms with Gasteiger partial charge in [-0.25, -0.2) is 22.5 Å². The van der Waals surface area contributed by atoms with E-state index in [1.165, 1.54) is 16.7 Å². The van der Waals surface area contributed by atoms with Gasteiger partial charge in [0, 0.05) is 81.3 Å². The number of pyridine rings is 2. The standard InChI is InChI=1S/C54H63Cl2FN8O8S/c1-53(2)26-43(35-5-7-37(55)8-6-35)44-30-64-19-18-63(29-39(64)31-69-20-4-22-71-48(44)27-53)38-9-10-42(46(24-38)65-15-3-21-72-52-47(65)23-36-11-14-58-49(36)60-52)50(66)61-74(67,68)41-25-45(56)51(59-28-41)73-34-54(57)12-16-62(17-13-54)40-32-70-33-40/h5-11,14,23-25,28,39-40,48H,3-4,12-13,15-22,26-27,29-34H2,1-2H3,(H,58,60)(H,61,66)/t39?,48-/m1/s1. The van der Waals surface area contributed by atoms with Gasteiger partial charge in [-0.15, -0.1) is 0 Å². The molecule has 74 heavy (non-hydrogen) atoms. The minimum absolute atomic E-state index is 0.0208. The van der Waals surface area contributed by atoms with E-state index in [1.807, 2.05) is 41.3 Å². The lowest BCUT2D eigenvalue weighted by Gasteiger charge is -2.45. The van der Waals surface area contributed by atoms with Gasteiger partial charge in [0.15, 0.2) is 0 Å². The number of allylic oxidation sites excluding steroid dienone is 1. The number of anilines is 3. The summed E-state index contributed by atoms with van der Waals surface area (Å²) in [5, 5.41) is 1.42. The molecule has 5 aromatic rings. The number of nitrogens with zero attached hydrogens (tertiary/aromatic N) is 6. The summed E-state index contributed by atoms with van der Waals surface area (Å²) in [5.41, 5.74) is 5.01. The summed E-state index contributed by atoms with van der Waals surface area (Å²) in [5.74, 6) is -0.566. The first-order valence-corrected chi connectivity index (χ1v) is 28.0. The zero-order chi connectivity index (χ0) is 51.2. The van der Waals surface area contributed by atoms with Crippen LogP contribution in [-0.2, 0) is 24.2 Å². The fourth-order valence-electron chi connectivity index (χ4n) is 11.2.